The number of benzene rings is 1. The van der Waals surface area contributed by atoms with Gasteiger partial charge in [-0.15, -0.1) is 11.3 Å². The zero-order valence-corrected chi connectivity index (χ0v) is 12.6. The first-order valence-corrected chi connectivity index (χ1v) is 8.44. The van der Waals surface area contributed by atoms with Gasteiger partial charge in [-0.1, -0.05) is 0 Å². The molecule has 20 heavy (non-hydrogen) atoms. The summed E-state index contributed by atoms with van der Waals surface area (Å²) in [6, 6.07) is 5.84. The minimum absolute atomic E-state index is 0.0612. The highest BCUT2D eigenvalue weighted by Crippen LogP contribution is 2.19. The first-order valence-electron chi connectivity index (χ1n) is 5.44. The van der Waals surface area contributed by atoms with Gasteiger partial charge in [0.1, 0.15) is 0 Å². The highest BCUT2D eigenvalue weighted by Gasteiger charge is 2.15. The van der Waals surface area contributed by atoms with Gasteiger partial charge in [0.25, 0.3) is 10.0 Å². The van der Waals surface area contributed by atoms with E-state index in [1.807, 2.05) is 0 Å². The fourth-order valence-corrected chi connectivity index (χ4v) is 3.23. The SMILES string of the molecule is O=C(CS)Nc1ccc(S(=O)(=O)Nc2nccs2)cc1. The molecule has 0 unspecified atom stereocenters. The Labute approximate surface area is 125 Å². The summed E-state index contributed by atoms with van der Waals surface area (Å²) in [6.07, 6.45) is 1.51. The Morgan fingerprint density at radius 1 is 1.30 bits per heavy atom. The van der Waals surface area contributed by atoms with Crippen molar-refractivity contribution >= 4 is 50.7 Å². The number of amides is 1. The lowest BCUT2D eigenvalue weighted by atomic mass is 10.3. The molecular weight excluding hydrogens is 318 g/mol. The van der Waals surface area contributed by atoms with Crippen LogP contribution in [0, 0.1) is 0 Å². The molecule has 0 saturated heterocycles. The molecule has 1 aromatic carbocycles. The van der Waals surface area contributed by atoms with Crippen LogP contribution >= 0.6 is 24.0 Å². The van der Waals surface area contributed by atoms with Gasteiger partial charge in [-0.2, -0.15) is 12.6 Å². The van der Waals surface area contributed by atoms with E-state index in [0.717, 1.165) is 0 Å². The van der Waals surface area contributed by atoms with Crippen molar-refractivity contribution < 1.29 is 13.2 Å². The second-order valence-corrected chi connectivity index (χ2v) is 6.57. The van der Waals surface area contributed by atoms with E-state index in [4.69, 9.17) is 0 Å². The number of carbonyl (C=O) groups is 1. The smallest absolute Gasteiger partial charge is 0.263 e. The van der Waals surface area contributed by atoms with E-state index >= 15 is 0 Å². The molecule has 0 spiro atoms. The number of carbonyl (C=O) groups excluding carboxylic acids is 1. The number of sulfonamides is 1. The maximum Gasteiger partial charge on any atom is 0.263 e. The zero-order chi connectivity index (χ0) is 14.6. The number of hydrogen-bond acceptors (Lipinski definition) is 6. The third-order valence-corrected chi connectivity index (χ3v) is 4.71. The molecule has 0 atom stereocenters. The average molecular weight is 329 g/mol. The number of nitrogens with one attached hydrogen (secondary N) is 2. The predicted molar refractivity (Wildman–Crippen MR) is 81.8 cm³/mol. The van der Waals surface area contributed by atoms with Gasteiger partial charge in [-0.3, -0.25) is 9.52 Å². The summed E-state index contributed by atoms with van der Waals surface area (Å²) < 4.78 is 26.5. The standard InChI is InChI=1S/C11H11N3O3S3/c15-10(7-18)13-8-1-3-9(4-2-8)20(16,17)14-11-12-5-6-19-11/h1-6,18H,7H2,(H,12,14)(H,13,15). The Morgan fingerprint density at radius 2 is 2.00 bits per heavy atom. The van der Waals surface area contributed by atoms with E-state index in [1.165, 1.54) is 41.8 Å². The van der Waals surface area contributed by atoms with Gasteiger partial charge < -0.3 is 5.32 Å². The fourth-order valence-electron chi connectivity index (χ4n) is 1.37. The Morgan fingerprint density at radius 3 is 2.55 bits per heavy atom. The molecule has 0 bridgehead atoms. The van der Waals surface area contributed by atoms with Crippen molar-refractivity contribution in [1.82, 2.24) is 4.98 Å². The maximum atomic E-state index is 12.0. The molecule has 1 aromatic heterocycles. The minimum atomic E-state index is -3.66. The molecule has 1 amide bonds. The molecule has 0 aliphatic rings. The first kappa shape index (κ1) is 14.8. The Bertz CT molecular complexity index is 681. The van der Waals surface area contributed by atoms with Crippen LogP contribution in [-0.2, 0) is 14.8 Å². The normalized spacial score (nSPS) is 11.1. The van der Waals surface area contributed by atoms with Crippen molar-refractivity contribution in [3.63, 3.8) is 0 Å². The summed E-state index contributed by atoms with van der Waals surface area (Å²) in [4.78, 5) is 15.1. The molecule has 0 aliphatic heterocycles. The van der Waals surface area contributed by atoms with E-state index in [0.29, 0.717) is 10.8 Å². The topological polar surface area (TPSA) is 88.2 Å². The number of aromatic nitrogens is 1. The van der Waals surface area contributed by atoms with Crippen molar-refractivity contribution in [3.8, 4) is 0 Å². The first-order chi connectivity index (χ1) is 9.51. The molecule has 9 heteroatoms. The van der Waals surface area contributed by atoms with Crippen LogP contribution < -0.4 is 10.0 Å². The van der Waals surface area contributed by atoms with Crippen LogP contribution in [0.15, 0.2) is 40.7 Å². The largest absolute Gasteiger partial charge is 0.325 e. The van der Waals surface area contributed by atoms with Gasteiger partial charge in [0.15, 0.2) is 5.13 Å². The van der Waals surface area contributed by atoms with Crippen molar-refractivity contribution in [3.05, 3.63) is 35.8 Å². The van der Waals surface area contributed by atoms with Gasteiger partial charge in [-0.25, -0.2) is 13.4 Å². The van der Waals surface area contributed by atoms with Gasteiger partial charge in [0.05, 0.1) is 10.6 Å². The third kappa shape index (κ3) is 3.71. The van der Waals surface area contributed by atoms with Crippen molar-refractivity contribution in [2.45, 2.75) is 4.90 Å². The molecular formula is C11H11N3O3S3. The van der Waals surface area contributed by atoms with E-state index < -0.39 is 10.0 Å². The summed E-state index contributed by atoms with van der Waals surface area (Å²) in [5.74, 6) is -0.198. The molecule has 106 valence electrons. The zero-order valence-electron chi connectivity index (χ0n) is 10.1. The number of anilines is 2. The third-order valence-electron chi connectivity index (χ3n) is 2.25. The van der Waals surface area contributed by atoms with Crippen LogP contribution in [0.2, 0.25) is 0 Å². The van der Waals surface area contributed by atoms with E-state index in [1.54, 1.807) is 5.38 Å². The van der Waals surface area contributed by atoms with Gasteiger partial charge >= 0.3 is 0 Å². The quantitative estimate of drug-likeness (QED) is 0.730. The van der Waals surface area contributed by atoms with E-state index in [2.05, 4.69) is 27.7 Å². The van der Waals surface area contributed by atoms with E-state index in [-0.39, 0.29) is 16.6 Å². The lowest BCUT2D eigenvalue weighted by Crippen LogP contribution is -2.14. The van der Waals surface area contributed by atoms with Crippen molar-refractivity contribution in [2.24, 2.45) is 0 Å². The molecule has 0 radical (unpaired) electrons. The second kappa shape index (κ2) is 6.25. The predicted octanol–water partition coefficient (Wildman–Crippen LogP) is 1.81. The number of rotatable bonds is 5. The van der Waals surface area contributed by atoms with Gasteiger partial charge in [-0.05, 0) is 24.3 Å². The number of nitrogens with zero attached hydrogens (tertiary/aromatic N) is 1. The molecule has 2 rings (SSSR count). The maximum absolute atomic E-state index is 12.0. The number of thiazole rings is 1. The summed E-state index contributed by atoms with van der Waals surface area (Å²) in [6.45, 7) is 0. The summed E-state index contributed by atoms with van der Waals surface area (Å²) >= 11 is 5.03. The summed E-state index contributed by atoms with van der Waals surface area (Å²) in [5.41, 5.74) is 0.511. The highest BCUT2D eigenvalue weighted by molar-refractivity contribution is 7.93. The highest BCUT2D eigenvalue weighted by atomic mass is 32.2. The van der Waals surface area contributed by atoms with Gasteiger partial charge in [0, 0.05) is 17.3 Å². The molecule has 0 aliphatic carbocycles. The van der Waals surface area contributed by atoms with Gasteiger partial charge in [0.2, 0.25) is 5.91 Å². The summed E-state index contributed by atoms with van der Waals surface area (Å²) in [7, 11) is -3.66. The molecule has 2 N–H and O–H groups in total. The van der Waals surface area contributed by atoms with Crippen molar-refractivity contribution in [1.29, 1.82) is 0 Å². The Kier molecular flexibility index (Phi) is 4.63. The fraction of sp³-hybridized carbons (Fsp3) is 0.0909. The number of thiol groups is 1. The molecule has 6 nitrogen and oxygen atoms in total. The van der Waals surface area contributed by atoms with Crippen LogP contribution in [0.25, 0.3) is 0 Å². The molecule has 0 fully saturated rings. The lowest BCUT2D eigenvalue weighted by molar-refractivity contribution is -0.113. The van der Waals surface area contributed by atoms with Crippen LogP contribution in [0.1, 0.15) is 0 Å². The molecule has 1 heterocycles. The lowest BCUT2D eigenvalue weighted by Gasteiger charge is -2.07. The van der Waals surface area contributed by atoms with Crippen LogP contribution in [0.4, 0.5) is 10.8 Å². The van der Waals surface area contributed by atoms with Crippen LogP contribution in [0.5, 0.6) is 0 Å². The molecule has 2 aromatic rings. The Balaban J connectivity index is 2.14. The second-order valence-electron chi connectivity index (χ2n) is 3.67. The number of hydrogen-bond donors (Lipinski definition) is 3. The molecule has 0 saturated carbocycles. The average Bonchev–Trinajstić information content (AvgIpc) is 2.91. The van der Waals surface area contributed by atoms with Crippen LogP contribution in [0.3, 0.4) is 0 Å². The summed E-state index contributed by atoms with van der Waals surface area (Å²) in [5, 5.41) is 4.55. The van der Waals surface area contributed by atoms with Crippen LogP contribution in [-0.4, -0.2) is 25.1 Å². The van der Waals surface area contributed by atoms with Crippen molar-refractivity contribution in [2.75, 3.05) is 15.8 Å². The Hall–Kier alpha value is -1.58. The monoisotopic (exact) mass is 329 g/mol. The minimum Gasteiger partial charge on any atom is -0.325 e. The van der Waals surface area contributed by atoms with E-state index in [9.17, 15) is 13.2 Å².